The van der Waals surface area contributed by atoms with Crippen LogP contribution >= 0.6 is 11.6 Å². The molecule has 1 saturated carbocycles. The number of carbonyl (C=O) groups is 1. The first-order valence-corrected chi connectivity index (χ1v) is 16.0. The fourth-order valence-corrected chi connectivity index (χ4v) is 8.73. The number of halogens is 3. The third kappa shape index (κ3) is 5.21. The molecule has 0 N–H and O–H groups in total. The van der Waals surface area contributed by atoms with E-state index >= 15 is 0 Å². The van der Waals surface area contributed by atoms with Crippen molar-refractivity contribution in [3.05, 3.63) is 106 Å². The average Bonchev–Trinajstić information content (AvgIpc) is 3.38. The SMILES string of the molecule is C=S(=O)(c1ccc(Cl)nc1)N(C(C)C)[C@H]1CCC2=Cc3c(cnn3-c3ccc(F)cc3)C[C@]2(C(=O)c2cc(F)ccn2)C1. The maximum absolute atomic E-state index is 14.5. The van der Waals surface area contributed by atoms with Gasteiger partial charge in [0.05, 0.1) is 37.6 Å². The second-order valence-corrected chi connectivity index (χ2v) is 13.9. The number of benzene rings is 1. The zero-order chi connectivity index (χ0) is 30.5. The summed E-state index contributed by atoms with van der Waals surface area (Å²) in [6.07, 6.45) is 8.23. The topological polar surface area (TPSA) is 81.0 Å². The molecule has 0 radical (unpaired) electrons. The van der Waals surface area contributed by atoms with Crippen LogP contribution in [0.5, 0.6) is 0 Å². The van der Waals surface area contributed by atoms with Crippen LogP contribution in [0, 0.1) is 17.0 Å². The summed E-state index contributed by atoms with van der Waals surface area (Å²) < 4.78 is 46.0. The summed E-state index contributed by atoms with van der Waals surface area (Å²) in [7, 11) is -3.02. The molecule has 222 valence electrons. The first-order chi connectivity index (χ1) is 20.5. The Bertz CT molecular complexity index is 1840. The fourth-order valence-electron chi connectivity index (χ4n) is 6.54. The van der Waals surface area contributed by atoms with Gasteiger partial charge < -0.3 is 0 Å². The van der Waals surface area contributed by atoms with Crippen LogP contribution in [0.25, 0.3) is 11.8 Å². The van der Waals surface area contributed by atoms with Crippen molar-refractivity contribution in [2.75, 3.05) is 0 Å². The second-order valence-electron chi connectivity index (χ2n) is 11.4. The van der Waals surface area contributed by atoms with E-state index in [1.54, 1.807) is 35.1 Å². The number of fused-ring (bicyclic) bond motifs is 2. The minimum atomic E-state index is -3.02. The van der Waals surface area contributed by atoms with Crippen molar-refractivity contribution >= 4 is 39.0 Å². The van der Waals surface area contributed by atoms with Crippen LogP contribution in [0.4, 0.5) is 8.78 Å². The van der Waals surface area contributed by atoms with E-state index in [9.17, 15) is 17.8 Å². The van der Waals surface area contributed by atoms with Crippen molar-refractivity contribution in [3.8, 4) is 5.69 Å². The first-order valence-electron chi connectivity index (χ1n) is 14.0. The number of allylic oxidation sites excluding steroid dienone is 1. The molecular formula is C32H30ClF2N5O2S. The Kier molecular flexibility index (Phi) is 7.56. The van der Waals surface area contributed by atoms with Gasteiger partial charge in [-0.2, -0.15) is 5.10 Å². The summed E-state index contributed by atoms with van der Waals surface area (Å²) in [5.41, 5.74) is 2.17. The minimum Gasteiger partial charge on any atom is -0.291 e. The standard InChI is InChI=1S/C32H30ClF2N5O2S/c1-20(2)40(43(3,42)27-10-11-30(33)37-19-27)26-7-4-22-14-29-21(18-38-39(29)25-8-5-23(34)6-9-25)16-32(22,17-26)31(41)28-15-24(35)12-13-36-28/h5-6,8-15,18-20,26H,3-4,7,16-17H2,1-2H3/t26-,32-,43?/m0/s1. The van der Waals surface area contributed by atoms with Gasteiger partial charge in [-0.05, 0) is 99.5 Å². The smallest absolute Gasteiger partial charge is 0.191 e. The van der Waals surface area contributed by atoms with Gasteiger partial charge in [-0.1, -0.05) is 17.2 Å². The molecule has 1 unspecified atom stereocenters. The molecule has 2 aliphatic carbocycles. The van der Waals surface area contributed by atoms with Crippen LogP contribution in [0.15, 0.2) is 77.6 Å². The Morgan fingerprint density at radius 1 is 1.12 bits per heavy atom. The highest BCUT2D eigenvalue weighted by Crippen LogP contribution is 2.51. The first kappa shape index (κ1) is 29.3. The molecule has 6 rings (SSSR count). The molecule has 3 aromatic heterocycles. The van der Waals surface area contributed by atoms with E-state index in [4.69, 9.17) is 11.6 Å². The predicted octanol–water partition coefficient (Wildman–Crippen LogP) is 6.36. The number of hydrogen-bond donors (Lipinski definition) is 0. The van der Waals surface area contributed by atoms with Crippen molar-refractivity contribution < 1.29 is 17.8 Å². The quantitative estimate of drug-likeness (QED) is 0.136. The van der Waals surface area contributed by atoms with Gasteiger partial charge >= 0.3 is 0 Å². The summed E-state index contributed by atoms with van der Waals surface area (Å²) >= 11 is 6.00. The number of aromatic nitrogens is 4. The molecule has 1 aromatic carbocycles. The zero-order valence-electron chi connectivity index (χ0n) is 23.7. The third-order valence-corrected chi connectivity index (χ3v) is 11.0. The van der Waals surface area contributed by atoms with Gasteiger partial charge in [0.25, 0.3) is 0 Å². The van der Waals surface area contributed by atoms with E-state index in [1.165, 1.54) is 36.7 Å². The molecule has 0 amide bonds. The van der Waals surface area contributed by atoms with Crippen molar-refractivity contribution in [2.24, 2.45) is 5.41 Å². The Morgan fingerprint density at radius 2 is 1.88 bits per heavy atom. The van der Waals surface area contributed by atoms with Crippen molar-refractivity contribution in [1.29, 1.82) is 0 Å². The van der Waals surface area contributed by atoms with E-state index in [2.05, 4.69) is 20.9 Å². The number of hydrogen-bond acceptors (Lipinski definition) is 5. The molecule has 2 aliphatic rings. The molecule has 11 heteroatoms. The van der Waals surface area contributed by atoms with Gasteiger partial charge in [-0.25, -0.2) is 27.0 Å². The summed E-state index contributed by atoms with van der Waals surface area (Å²) in [6, 6.07) is 11.2. The largest absolute Gasteiger partial charge is 0.291 e. The molecule has 0 saturated heterocycles. The van der Waals surface area contributed by atoms with E-state index in [1.807, 2.05) is 24.2 Å². The normalized spacial score (nSPS) is 21.2. The maximum Gasteiger partial charge on any atom is 0.191 e. The molecule has 4 aromatic rings. The van der Waals surface area contributed by atoms with Gasteiger partial charge in [-0.3, -0.25) is 9.78 Å². The van der Waals surface area contributed by atoms with Crippen LogP contribution in [-0.4, -0.2) is 52.0 Å². The predicted molar refractivity (Wildman–Crippen MR) is 164 cm³/mol. The number of ketones is 1. The monoisotopic (exact) mass is 621 g/mol. The van der Waals surface area contributed by atoms with Crippen molar-refractivity contribution in [3.63, 3.8) is 0 Å². The van der Waals surface area contributed by atoms with Gasteiger partial charge in [-0.15, -0.1) is 0 Å². The van der Waals surface area contributed by atoms with E-state index in [0.717, 1.165) is 16.8 Å². The van der Waals surface area contributed by atoms with E-state index < -0.39 is 20.9 Å². The van der Waals surface area contributed by atoms with Crippen molar-refractivity contribution in [2.45, 2.75) is 56.5 Å². The van der Waals surface area contributed by atoms with Crippen LogP contribution in [0.1, 0.15) is 54.9 Å². The number of nitrogens with zero attached hydrogens (tertiary/aromatic N) is 5. The van der Waals surface area contributed by atoms with Crippen LogP contribution in [-0.2, 0) is 16.1 Å². The number of pyridine rings is 2. The van der Waals surface area contributed by atoms with Crippen LogP contribution < -0.4 is 0 Å². The van der Waals surface area contributed by atoms with Crippen LogP contribution in [0.3, 0.4) is 0 Å². The summed E-state index contributed by atoms with van der Waals surface area (Å²) in [5, 5.41) is 4.87. The number of Topliss-reactive ketones (excluding diaryl/α,β-unsaturated/α-hetero) is 1. The lowest BCUT2D eigenvalue weighted by Gasteiger charge is -2.48. The molecule has 43 heavy (non-hydrogen) atoms. The highest BCUT2D eigenvalue weighted by molar-refractivity contribution is 7.98. The maximum atomic E-state index is 14.5. The number of carbonyl (C=O) groups excluding carboxylic acids is 1. The molecule has 1 fully saturated rings. The lowest BCUT2D eigenvalue weighted by molar-refractivity contribution is 0.0726. The highest BCUT2D eigenvalue weighted by Gasteiger charge is 2.51. The number of rotatable bonds is 7. The molecule has 3 atom stereocenters. The zero-order valence-corrected chi connectivity index (χ0v) is 25.3. The van der Waals surface area contributed by atoms with Gasteiger partial charge in [0.15, 0.2) is 5.78 Å². The van der Waals surface area contributed by atoms with E-state index in [-0.39, 0.29) is 34.5 Å². The Labute approximate surface area is 254 Å². The molecule has 7 nitrogen and oxygen atoms in total. The molecule has 0 aliphatic heterocycles. The molecule has 0 spiro atoms. The lowest BCUT2D eigenvalue weighted by Crippen LogP contribution is -2.52. The average molecular weight is 622 g/mol. The summed E-state index contributed by atoms with van der Waals surface area (Å²) in [5.74, 6) is 2.96. The van der Waals surface area contributed by atoms with Gasteiger partial charge in [0, 0.05) is 30.5 Å². The van der Waals surface area contributed by atoms with E-state index in [0.29, 0.717) is 36.3 Å². The van der Waals surface area contributed by atoms with Gasteiger partial charge in [0.1, 0.15) is 22.5 Å². The molecule has 3 heterocycles. The molecular weight excluding hydrogens is 592 g/mol. The third-order valence-electron chi connectivity index (χ3n) is 8.37. The molecule has 0 bridgehead atoms. The Balaban J connectivity index is 1.45. The second kappa shape index (κ2) is 11.1. The van der Waals surface area contributed by atoms with Crippen LogP contribution in [0.2, 0.25) is 5.15 Å². The summed E-state index contributed by atoms with van der Waals surface area (Å²) in [6.45, 7) is 3.90. The summed E-state index contributed by atoms with van der Waals surface area (Å²) in [4.78, 5) is 23.3. The van der Waals surface area contributed by atoms with Gasteiger partial charge in [0.2, 0.25) is 0 Å². The fraction of sp³-hybridized carbons (Fsp3) is 0.281. The Hall–Kier alpha value is -3.73. The Morgan fingerprint density at radius 3 is 2.56 bits per heavy atom. The lowest BCUT2D eigenvalue weighted by atomic mass is 9.60. The minimum absolute atomic E-state index is 0.0364. The highest BCUT2D eigenvalue weighted by atomic mass is 35.5. The van der Waals surface area contributed by atoms with Crippen molar-refractivity contribution in [1.82, 2.24) is 24.1 Å².